The highest BCUT2D eigenvalue weighted by Crippen LogP contribution is 2.15. The second-order valence-electron chi connectivity index (χ2n) is 2.99. The fraction of sp³-hybridized carbons (Fsp3) is 0.333. The van der Waals surface area contributed by atoms with Crippen LogP contribution in [0.2, 0.25) is 0 Å². The molecule has 0 unspecified atom stereocenters. The molecule has 2 aromatic rings. The predicted molar refractivity (Wildman–Crippen MR) is 73.5 cm³/mol. The molecular formula is C15H23N2+. The second kappa shape index (κ2) is 9.52. The van der Waals surface area contributed by atoms with Gasteiger partial charge in [0, 0.05) is 24.5 Å². The molecule has 0 radical (unpaired) electrons. The third kappa shape index (κ3) is 5.25. The molecule has 0 atom stereocenters. The standard InChI is InChI=1S/C11H11N2.2C2H6/c1-13-8-4-11(5-9-13)10-2-6-12-7-3-10;2*1-2/h2-9H,1H3;2*1-2H3/q+1;;. The minimum Gasteiger partial charge on any atom is -0.265 e. The summed E-state index contributed by atoms with van der Waals surface area (Å²) in [6.45, 7) is 8.00. The van der Waals surface area contributed by atoms with E-state index in [0.29, 0.717) is 0 Å². The summed E-state index contributed by atoms with van der Waals surface area (Å²) in [5.74, 6) is 0. The van der Waals surface area contributed by atoms with E-state index in [9.17, 15) is 0 Å². The maximum atomic E-state index is 3.98. The van der Waals surface area contributed by atoms with E-state index in [4.69, 9.17) is 0 Å². The van der Waals surface area contributed by atoms with Gasteiger partial charge >= 0.3 is 0 Å². The van der Waals surface area contributed by atoms with Crippen LogP contribution in [0.15, 0.2) is 49.1 Å². The number of aryl methyl sites for hydroxylation is 1. The monoisotopic (exact) mass is 231 g/mol. The number of nitrogens with zero attached hydrogens (tertiary/aromatic N) is 2. The molecule has 2 aromatic heterocycles. The van der Waals surface area contributed by atoms with Crippen LogP contribution in [0.1, 0.15) is 27.7 Å². The largest absolute Gasteiger partial charge is 0.265 e. The van der Waals surface area contributed by atoms with Crippen LogP contribution in [-0.4, -0.2) is 4.98 Å². The van der Waals surface area contributed by atoms with Gasteiger partial charge in [0.05, 0.1) is 0 Å². The highest BCUT2D eigenvalue weighted by molar-refractivity contribution is 5.61. The van der Waals surface area contributed by atoms with Gasteiger partial charge in [0.1, 0.15) is 7.05 Å². The Morgan fingerprint density at radius 3 is 1.65 bits per heavy atom. The molecule has 0 aromatic carbocycles. The molecule has 0 N–H and O–H groups in total. The van der Waals surface area contributed by atoms with Gasteiger partial charge in [0.15, 0.2) is 12.4 Å². The third-order valence-electron chi connectivity index (χ3n) is 1.99. The van der Waals surface area contributed by atoms with Gasteiger partial charge in [-0.25, -0.2) is 4.57 Å². The summed E-state index contributed by atoms with van der Waals surface area (Å²) < 4.78 is 2.02. The number of hydrogen-bond donors (Lipinski definition) is 0. The molecule has 0 spiro atoms. The zero-order valence-electron chi connectivity index (χ0n) is 11.5. The Morgan fingerprint density at radius 1 is 0.765 bits per heavy atom. The fourth-order valence-corrected chi connectivity index (χ4v) is 1.24. The molecule has 17 heavy (non-hydrogen) atoms. The molecule has 0 aliphatic heterocycles. The minimum atomic E-state index is 1.20. The quantitative estimate of drug-likeness (QED) is 0.685. The zero-order chi connectivity index (χ0) is 13.1. The molecule has 2 rings (SSSR count). The lowest BCUT2D eigenvalue weighted by molar-refractivity contribution is -0.671. The van der Waals surface area contributed by atoms with Crippen molar-refractivity contribution in [3.05, 3.63) is 49.1 Å². The van der Waals surface area contributed by atoms with Crippen LogP contribution < -0.4 is 4.57 Å². The van der Waals surface area contributed by atoms with Crippen LogP contribution in [0.4, 0.5) is 0 Å². The number of aromatic nitrogens is 2. The first-order valence-electron chi connectivity index (χ1n) is 6.22. The first kappa shape index (κ1) is 15.3. The fourth-order valence-electron chi connectivity index (χ4n) is 1.24. The van der Waals surface area contributed by atoms with E-state index >= 15 is 0 Å². The molecule has 0 saturated heterocycles. The smallest absolute Gasteiger partial charge is 0.169 e. The van der Waals surface area contributed by atoms with Crippen molar-refractivity contribution in [2.75, 3.05) is 0 Å². The molecule has 0 amide bonds. The molecule has 0 saturated carbocycles. The average molecular weight is 231 g/mol. The van der Waals surface area contributed by atoms with Gasteiger partial charge in [0.25, 0.3) is 0 Å². The lowest BCUT2D eigenvalue weighted by atomic mass is 10.1. The Labute approximate surface area is 105 Å². The van der Waals surface area contributed by atoms with Gasteiger partial charge in [-0.1, -0.05) is 27.7 Å². The summed E-state index contributed by atoms with van der Waals surface area (Å²) in [7, 11) is 2.01. The molecule has 2 heteroatoms. The Kier molecular flexibility index (Phi) is 8.57. The lowest BCUT2D eigenvalue weighted by Gasteiger charge is -1.97. The Morgan fingerprint density at radius 2 is 1.18 bits per heavy atom. The normalized spacial score (nSPS) is 8.29. The Bertz CT molecular complexity index is 379. The summed E-state index contributed by atoms with van der Waals surface area (Å²) >= 11 is 0. The first-order valence-corrected chi connectivity index (χ1v) is 6.22. The second-order valence-corrected chi connectivity index (χ2v) is 2.99. The maximum absolute atomic E-state index is 3.98. The number of rotatable bonds is 1. The van der Waals surface area contributed by atoms with Crippen molar-refractivity contribution >= 4 is 0 Å². The van der Waals surface area contributed by atoms with Crippen molar-refractivity contribution in [1.82, 2.24) is 4.98 Å². The van der Waals surface area contributed by atoms with E-state index in [1.165, 1.54) is 11.1 Å². The van der Waals surface area contributed by atoms with Gasteiger partial charge in [0.2, 0.25) is 0 Å². The molecule has 2 nitrogen and oxygen atoms in total. The highest BCUT2D eigenvalue weighted by atomic mass is 14.9. The van der Waals surface area contributed by atoms with Gasteiger partial charge in [-0.2, -0.15) is 0 Å². The summed E-state index contributed by atoms with van der Waals surface area (Å²) in [6.07, 6.45) is 7.69. The molecule has 0 fully saturated rings. The van der Waals surface area contributed by atoms with Crippen LogP contribution in [0.25, 0.3) is 11.1 Å². The molecule has 0 aliphatic rings. The van der Waals surface area contributed by atoms with E-state index in [1.54, 1.807) is 0 Å². The maximum Gasteiger partial charge on any atom is 0.169 e. The Hall–Kier alpha value is -1.70. The van der Waals surface area contributed by atoms with Crippen LogP contribution in [0.5, 0.6) is 0 Å². The third-order valence-corrected chi connectivity index (χ3v) is 1.99. The van der Waals surface area contributed by atoms with E-state index < -0.39 is 0 Å². The van der Waals surface area contributed by atoms with Crippen LogP contribution >= 0.6 is 0 Å². The molecule has 0 aliphatic carbocycles. The summed E-state index contributed by atoms with van der Waals surface area (Å²) in [5, 5.41) is 0. The highest BCUT2D eigenvalue weighted by Gasteiger charge is 1.97. The van der Waals surface area contributed by atoms with Crippen LogP contribution in [0, 0.1) is 0 Å². The van der Waals surface area contributed by atoms with Crippen molar-refractivity contribution in [1.29, 1.82) is 0 Å². The van der Waals surface area contributed by atoms with Gasteiger partial charge in [-0.3, -0.25) is 4.98 Å². The molecule has 92 valence electrons. The molecule has 2 heterocycles. The molecular weight excluding hydrogens is 208 g/mol. The van der Waals surface area contributed by atoms with Crippen molar-refractivity contribution in [2.45, 2.75) is 27.7 Å². The van der Waals surface area contributed by atoms with Crippen molar-refractivity contribution in [2.24, 2.45) is 7.05 Å². The minimum absolute atomic E-state index is 1.20. The Balaban J connectivity index is 0.000000581. The van der Waals surface area contributed by atoms with Gasteiger partial charge in [-0.15, -0.1) is 0 Å². The van der Waals surface area contributed by atoms with E-state index in [1.807, 2.05) is 76.2 Å². The van der Waals surface area contributed by atoms with E-state index in [0.717, 1.165) is 0 Å². The van der Waals surface area contributed by atoms with Gasteiger partial charge in [-0.05, 0) is 23.3 Å². The van der Waals surface area contributed by atoms with Gasteiger partial charge < -0.3 is 0 Å². The lowest BCUT2D eigenvalue weighted by Crippen LogP contribution is -2.25. The first-order chi connectivity index (χ1) is 8.36. The summed E-state index contributed by atoms with van der Waals surface area (Å²) in [5.41, 5.74) is 2.43. The van der Waals surface area contributed by atoms with Crippen molar-refractivity contribution in [3.8, 4) is 11.1 Å². The SMILES string of the molecule is CC.CC.C[n+]1ccc(-c2ccncc2)cc1. The van der Waals surface area contributed by atoms with Crippen LogP contribution in [-0.2, 0) is 7.05 Å². The topological polar surface area (TPSA) is 16.8 Å². The van der Waals surface area contributed by atoms with Crippen molar-refractivity contribution < 1.29 is 4.57 Å². The average Bonchev–Trinajstić information content (AvgIpc) is 2.45. The zero-order valence-corrected chi connectivity index (χ0v) is 11.5. The number of hydrogen-bond acceptors (Lipinski definition) is 1. The number of pyridine rings is 2. The van der Waals surface area contributed by atoms with E-state index in [-0.39, 0.29) is 0 Å². The summed E-state index contributed by atoms with van der Waals surface area (Å²) in [4.78, 5) is 3.98. The van der Waals surface area contributed by atoms with Crippen LogP contribution in [0.3, 0.4) is 0 Å². The van der Waals surface area contributed by atoms with Crippen molar-refractivity contribution in [3.63, 3.8) is 0 Å². The molecule has 0 bridgehead atoms. The van der Waals surface area contributed by atoms with E-state index in [2.05, 4.69) is 17.1 Å². The predicted octanol–water partition coefficient (Wildman–Crippen LogP) is 3.63. The summed E-state index contributed by atoms with van der Waals surface area (Å²) in [6, 6.07) is 8.20.